The Bertz CT molecular complexity index is 522. The first-order valence-corrected chi connectivity index (χ1v) is 8.75. The van der Waals surface area contributed by atoms with Crippen LogP contribution in [-0.4, -0.2) is 48.7 Å². The van der Waals surface area contributed by atoms with Gasteiger partial charge in [-0.2, -0.15) is 0 Å². The normalized spacial score (nSPS) is 10.4. The monoisotopic (exact) mass is 615 g/mol. The Morgan fingerprint density at radius 2 is 1.95 bits per heavy atom. The summed E-state index contributed by atoms with van der Waals surface area (Å²) in [6.45, 7) is 0.219. The first kappa shape index (κ1) is 18.4. The molecule has 0 spiro atoms. The SMILES string of the molecule is COCCN(CC(=O)O)C(=O)c1cc(I)cc(I)c1I. The number of carboxylic acids is 1. The number of hydrogen-bond acceptors (Lipinski definition) is 3. The van der Waals surface area contributed by atoms with Crippen LogP contribution in [0.2, 0.25) is 0 Å². The van der Waals surface area contributed by atoms with Crippen LogP contribution in [0.5, 0.6) is 0 Å². The molecule has 0 aliphatic heterocycles. The Labute approximate surface area is 157 Å². The van der Waals surface area contributed by atoms with Gasteiger partial charge in [-0.3, -0.25) is 9.59 Å². The maximum Gasteiger partial charge on any atom is 0.323 e. The average Bonchev–Trinajstić information content (AvgIpc) is 2.37. The van der Waals surface area contributed by atoms with E-state index in [1.165, 1.54) is 12.0 Å². The van der Waals surface area contributed by atoms with Gasteiger partial charge in [0.05, 0.1) is 12.2 Å². The number of hydrogen-bond donors (Lipinski definition) is 1. The van der Waals surface area contributed by atoms with Crippen LogP contribution in [0.3, 0.4) is 0 Å². The van der Waals surface area contributed by atoms with Gasteiger partial charge in [0, 0.05) is 24.4 Å². The molecule has 0 heterocycles. The number of ether oxygens (including phenoxy) is 1. The molecule has 5 nitrogen and oxygen atoms in total. The fourth-order valence-electron chi connectivity index (χ4n) is 1.50. The molecule has 0 aliphatic carbocycles. The second kappa shape index (κ2) is 8.68. The number of benzene rings is 1. The zero-order chi connectivity index (χ0) is 15.3. The highest BCUT2D eigenvalue weighted by Gasteiger charge is 2.21. The molecule has 1 aromatic rings. The summed E-state index contributed by atoms with van der Waals surface area (Å²) in [5.74, 6) is -1.32. The Hall–Kier alpha value is 0.310. The number of methoxy groups -OCH3 is 1. The summed E-state index contributed by atoms with van der Waals surface area (Å²) < 4.78 is 7.68. The number of rotatable bonds is 6. The van der Waals surface area contributed by atoms with Gasteiger partial charge in [-0.25, -0.2) is 0 Å². The fraction of sp³-hybridized carbons (Fsp3) is 0.333. The van der Waals surface area contributed by atoms with E-state index in [2.05, 4.69) is 67.8 Å². The maximum atomic E-state index is 12.5. The van der Waals surface area contributed by atoms with Crippen molar-refractivity contribution in [3.8, 4) is 0 Å². The molecule has 8 heteroatoms. The van der Waals surface area contributed by atoms with Crippen molar-refractivity contribution in [1.82, 2.24) is 4.90 Å². The number of halogens is 3. The van der Waals surface area contributed by atoms with Crippen LogP contribution in [-0.2, 0) is 9.53 Å². The van der Waals surface area contributed by atoms with Crippen LogP contribution in [0.25, 0.3) is 0 Å². The van der Waals surface area contributed by atoms with E-state index in [1.54, 1.807) is 6.07 Å². The summed E-state index contributed by atoms with van der Waals surface area (Å²) in [7, 11) is 1.52. The van der Waals surface area contributed by atoms with Crippen molar-refractivity contribution in [2.24, 2.45) is 0 Å². The lowest BCUT2D eigenvalue weighted by Gasteiger charge is -2.21. The topological polar surface area (TPSA) is 66.8 Å². The highest BCUT2D eigenvalue weighted by Crippen LogP contribution is 2.24. The zero-order valence-electron chi connectivity index (χ0n) is 10.5. The number of nitrogens with zero attached hydrogens (tertiary/aromatic N) is 1. The molecule has 0 fully saturated rings. The quantitative estimate of drug-likeness (QED) is 0.396. The van der Waals surface area contributed by atoms with Gasteiger partial charge in [0.15, 0.2) is 0 Å². The molecule has 1 N–H and O–H groups in total. The van der Waals surface area contributed by atoms with Gasteiger partial charge in [-0.1, -0.05) is 0 Å². The predicted octanol–water partition coefficient (Wildman–Crippen LogP) is 2.67. The molecule has 0 saturated heterocycles. The van der Waals surface area contributed by atoms with Crippen LogP contribution >= 0.6 is 67.8 Å². The van der Waals surface area contributed by atoms with E-state index in [0.29, 0.717) is 12.2 Å². The molecule has 0 aliphatic rings. The highest BCUT2D eigenvalue weighted by molar-refractivity contribution is 14.1. The number of amides is 1. The summed E-state index contributed by atoms with van der Waals surface area (Å²) in [5.41, 5.74) is 0.527. The van der Waals surface area contributed by atoms with Gasteiger partial charge >= 0.3 is 5.97 Å². The predicted molar refractivity (Wildman–Crippen MR) is 100 cm³/mol. The molecule has 20 heavy (non-hydrogen) atoms. The smallest absolute Gasteiger partial charge is 0.323 e. The molecule has 0 atom stereocenters. The molecular weight excluding hydrogens is 603 g/mol. The van der Waals surface area contributed by atoms with E-state index in [-0.39, 0.29) is 19.0 Å². The zero-order valence-corrected chi connectivity index (χ0v) is 17.0. The van der Waals surface area contributed by atoms with Crippen molar-refractivity contribution in [2.45, 2.75) is 0 Å². The van der Waals surface area contributed by atoms with E-state index < -0.39 is 5.97 Å². The second-order valence-electron chi connectivity index (χ2n) is 3.86. The van der Waals surface area contributed by atoms with Crippen LogP contribution in [0, 0.1) is 10.7 Å². The van der Waals surface area contributed by atoms with Crippen LogP contribution in [0.4, 0.5) is 0 Å². The van der Waals surface area contributed by atoms with Crippen LogP contribution < -0.4 is 0 Å². The summed E-state index contributed by atoms with van der Waals surface area (Å²) in [6, 6.07) is 3.74. The first-order chi connectivity index (χ1) is 9.36. The first-order valence-electron chi connectivity index (χ1n) is 5.51. The standard InChI is InChI=1S/C12H12I3NO4/c1-20-3-2-16(6-10(17)18)12(19)8-4-7(13)5-9(14)11(8)15/h4-5H,2-3,6H2,1H3,(H,17,18). The third-order valence-electron chi connectivity index (χ3n) is 2.40. The van der Waals surface area contributed by atoms with E-state index in [1.807, 2.05) is 6.07 Å². The summed E-state index contributed by atoms with van der Waals surface area (Å²) >= 11 is 6.41. The Morgan fingerprint density at radius 1 is 1.30 bits per heavy atom. The van der Waals surface area contributed by atoms with Gasteiger partial charge in [0.1, 0.15) is 6.54 Å². The number of carbonyl (C=O) groups is 2. The molecule has 0 bridgehead atoms. The molecule has 110 valence electrons. The third-order valence-corrected chi connectivity index (χ3v) is 6.07. The van der Waals surface area contributed by atoms with Crippen molar-refractivity contribution in [3.63, 3.8) is 0 Å². The van der Waals surface area contributed by atoms with Gasteiger partial charge in [0.25, 0.3) is 5.91 Å². The van der Waals surface area contributed by atoms with E-state index in [0.717, 1.165) is 10.7 Å². The van der Waals surface area contributed by atoms with Crippen molar-refractivity contribution in [2.75, 3.05) is 26.8 Å². The molecular formula is C12H12I3NO4. The van der Waals surface area contributed by atoms with Gasteiger partial charge < -0.3 is 14.7 Å². The second-order valence-corrected chi connectivity index (χ2v) is 7.35. The van der Waals surface area contributed by atoms with E-state index in [4.69, 9.17) is 9.84 Å². The molecule has 0 aromatic heterocycles. The van der Waals surface area contributed by atoms with Crippen molar-refractivity contribution in [3.05, 3.63) is 28.4 Å². The van der Waals surface area contributed by atoms with Gasteiger partial charge in [-0.05, 0) is 79.9 Å². The number of carboxylic acid groups (broad SMARTS) is 1. The average molecular weight is 615 g/mol. The summed E-state index contributed by atoms with van der Waals surface area (Å²) in [4.78, 5) is 24.7. The minimum Gasteiger partial charge on any atom is -0.480 e. The Kier molecular flexibility index (Phi) is 7.97. The molecule has 0 saturated carbocycles. The lowest BCUT2D eigenvalue weighted by molar-refractivity contribution is -0.137. The fourth-order valence-corrected chi connectivity index (χ4v) is 3.89. The number of carbonyl (C=O) groups excluding carboxylic acids is 1. The summed E-state index contributed by atoms with van der Waals surface area (Å²) in [6.07, 6.45) is 0. The minimum atomic E-state index is -1.04. The summed E-state index contributed by atoms with van der Waals surface area (Å²) in [5, 5.41) is 8.92. The molecule has 1 amide bonds. The Morgan fingerprint density at radius 3 is 2.50 bits per heavy atom. The third kappa shape index (κ3) is 5.26. The Balaban J connectivity index is 3.07. The van der Waals surface area contributed by atoms with E-state index in [9.17, 15) is 9.59 Å². The molecule has 0 radical (unpaired) electrons. The van der Waals surface area contributed by atoms with Crippen molar-refractivity contribution < 1.29 is 19.4 Å². The maximum absolute atomic E-state index is 12.5. The van der Waals surface area contributed by atoms with Crippen LogP contribution in [0.15, 0.2) is 12.1 Å². The molecule has 1 rings (SSSR count). The van der Waals surface area contributed by atoms with Crippen LogP contribution in [0.1, 0.15) is 10.4 Å². The minimum absolute atomic E-state index is 0.250. The number of aliphatic carboxylic acids is 1. The molecule has 0 unspecified atom stereocenters. The highest BCUT2D eigenvalue weighted by atomic mass is 127. The lowest BCUT2D eigenvalue weighted by Crippen LogP contribution is -2.38. The largest absolute Gasteiger partial charge is 0.480 e. The van der Waals surface area contributed by atoms with Gasteiger partial charge in [0.2, 0.25) is 0 Å². The lowest BCUT2D eigenvalue weighted by atomic mass is 10.2. The van der Waals surface area contributed by atoms with Crippen molar-refractivity contribution in [1.29, 1.82) is 0 Å². The van der Waals surface area contributed by atoms with Gasteiger partial charge in [-0.15, -0.1) is 0 Å². The van der Waals surface area contributed by atoms with Crippen molar-refractivity contribution >= 4 is 79.6 Å². The molecule has 1 aromatic carbocycles. The van der Waals surface area contributed by atoms with E-state index >= 15 is 0 Å².